The number of piperidine rings is 1. The smallest absolute Gasteiger partial charge is 0.318 e. The molecule has 0 spiro atoms. The molecule has 0 bridgehead atoms. The molecule has 0 aliphatic carbocycles. The Labute approximate surface area is 165 Å². The van der Waals surface area contributed by atoms with E-state index in [1.54, 1.807) is 18.4 Å². The van der Waals surface area contributed by atoms with Crippen molar-refractivity contribution in [3.05, 3.63) is 57.8 Å². The Morgan fingerprint density at radius 1 is 1.22 bits per heavy atom. The fraction of sp³-hybridized carbons (Fsp3) is 0.476. The van der Waals surface area contributed by atoms with Crippen molar-refractivity contribution in [1.29, 1.82) is 0 Å². The molecule has 1 fully saturated rings. The molecule has 1 aliphatic heterocycles. The molecule has 2 aromatic rings. The van der Waals surface area contributed by atoms with E-state index in [2.05, 4.69) is 42.6 Å². The van der Waals surface area contributed by atoms with Crippen LogP contribution in [0.25, 0.3) is 0 Å². The third-order valence-corrected chi connectivity index (χ3v) is 5.81. The van der Waals surface area contributed by atoms with Crippen LogP contribution in [0.5, 0.6) is 0 Å². The van der Waals surface area contributed by atoms with Gasteiger partial charge in [-0.25, -0.2) is 4.79 Å². The SMILES string of the molecule is COCCOC1CCN(C(=O)N[C@@H](c2ccc(C)cc2)c2cccs2)CC1. The minimum absolute atomic E-state index is 0.00989. The number of likely N-dealkylation sites (tertiary alicyclic amines) is 1. The number of nitrogens with zero attached hydrogens (tertiary/aromatic N) is 1. The van der Waals surface area contributed by atoms with E-state index in [-0.39, 0.29) is 18.2 Å². The van der Waals surface area contributed by atoms with Crippen molar-refractivity contribution in [3.63, 3.8) is 0 Å². The summed E-state index contributed by atoms with van der Waals surface area (Å²) in [6, 6.07) is 12.3. The highest BCUT2D eigenvalue weighted by Crippen LogP contribution is 2.27. The number of rotatable bonds is 7. The second-order valence-electron chi connectivity index (χ2n) is 6.86. The van der Waals surface area contributed by atoms with E-state index in [9.17, 15) is 4.79 Å². The summed E-state index contributed by atoms with van der Waals surface area (Å²) in [6.07, 6.45) is 1.95. The Bertz CT molecular complexity index is 695. The van der Waals surface area contributed by atoms with E-state index in [1.807, 2.05) is 16.3 Å². The molecule has 1 aliphatic rings. The van der Waals surface area contributed by atoms with E-state index in [4.69, 9.17) is 9.47 Å². The molecule has 1 aromatic heterocycles. The fourth-order valence-electron chi connectivity index (χ4n) is 3.27. The van der Waals surface area contributed by atoms with Crippen molar-refractivity contribution in [1.82, 2.24) is 10.2 Å². The van der Waals surface area contributed by atoms with Gasteiger partial charge in [0, 0.05) is 25.1 Å². The van der Waals surface area contributed by atoms with Gasteiger partial charge in [-0.3, -0.25) is 0 Å². The molecule has 1 atom stereocenters. The van der Waals surface area contributed by atoms with Crippen molar-refractivity contribution < 1.29 is 14.3 Å². The number of carbonyl (C=O) groups excluding carboxylic acids is 1. The van der Waals surface area contributed by atoms with Gasteiger partial charge in [-0.05, 0) is 36.8 Å². The number of carbonyl (C=O) groups is 1. The standard InChI is InChI=1S/C21H28N2O3S/c1-16-5-7-17(8-6-16)20(19-4-3-15-27-19)22-21(24)23-11-9-18(10-12-23)26-14-13-25-2/h3-8,15,18,20H,9-14H2,1-2H3,(H,22,24)/t20-/m0/s1. The number of ether oxygens (including phenoxy) is 2. The Balaban J connectivity index is 1.60. The quantitative estimate of drug-likeness (QED) is 0.730. The van der Waals surface area contributed by atoms with Crippen LogP contribution in [-0.4, -0.2) is 50.4 Å². The maximum atomic E-state index is 12.9. The molecular formula is C21H28N2O3S. The van der Waals surface area contributed by atoms with Crippen LogP contribution in [0, 0.1) is 6.92 Å². The first-order chi connectivity index (χ1) is 13.2. The van der Waals surface area contributed by atoms with Gasteiger partial charge >= 0.3 is 6.03 Å². The van der Waals surface area contributed by atoms with Crippen LogP contribution in [0.1, 0.15) is 34.9 Å². The molecule has 1 N–H and O–H groups in total. The molecule has 146 valence electrons. The van der Waals surface area contributed by atoms with E-state index in [1.165, 1.54) is 5.56 Å². The summed E-state index contributed by atoms with van der Waals surface area (Å²) in [7, 11) is 1.67. The predicted octanol–water partition coefficient (Wildman–Crippen LogP) is 3.98. The number of thiophene rings is 1. The van der Waals surface area contributed by atoms with Crippen LogP contribution < -0.4 is 5.32 Å². The van der Waals surface area contributed by atoms with Crippen molar-refractivity contribution in [2.75, 3.05) is 33.4 Å². The Morgan fingerprint density at radius 3 is 2.59 bits per heavy atom. The molecule has 0 saturated carbocycles. The van der Waals surface area contributed by atoms with Crippen LogP contribution in [-0.2, 0) is 9.47 Å². The van der Waals surface area contributed by atoms with E-state index >= 15 is 0 Å². The molecular weight excluding hydrogens is 360 g/mol. The first kappa shape index (κ1) is 19.9. The van der Waals surface area contributed by atoms with E-state index < -0.39 is 0 Å². The van der Waals surface area contributed by atoms with Crippen LogP contribution >= 0.6 is 11.3 Å². The summed E-state index contributed by atoms with van der Waals surface area (Å²) in [5.41, 5.74) is 2.32. The maximum absolute atomic E-state index is 12.9. The minimum Gasteiger partial charge on any atom is -0.382 e. The molecule has 6 heteroatoms. The molecule has 1 aromatic carbocycles. The molecule has 2 heterocycles. The average Bonchev–Trinajstić information content (AvgIpc) is 3.22. The lowest BCUT2D eigenvalue weighted by Gasteiger charge is -2.33. The van der Waals surface area contributed by atoms with Crippen LogP contribution in [0.3, 0.4) is 0 Å². The van der Waals surface area contributed by atoms with Crippen molar-refractivity contribution in [3.8, 4) is 0 Å². The number of hydrogen-bond acceptors (Lipinski definition) is 4. The molecule has 0 radical (unpaired) electrons. The van der Waals surface area contributed by atoms with Crippen LogP contribution in [0.15, 0.2) is 41.8 Å². The number of aryl methyl sites for hydroxylation is 1. The molecule has 27 heavy (non-hydrogen) atoms. The van der Waals surface area contributed by atoms with Crippen molar-refractivity contribution >= 4 is 17.4 Å². The summed E-state index contributed by atoms with van der Waals surface area (Å²) in [6.45, 7) is 4.73. The van der Waals surface area contributed by atoms with E-state index in [0.29, 0.717) is 26.3 Å². The second-order valence-corrected chi connectivity index (χ2v) is 7.84. The highest BCUT2D eigenvalue weighted by Gasteiger charge is 2.26. The number of amides is 2. The summed E-state index contributed by atoms with van der Waals surface area (Å²) in [5.74, 6) is 0. The maximum Gasteiger partial charge on any atom is 0.318 e. The number of nitrogens with one attached hydrogen (secondary N) is 1. The highest BCUT2D eigenvalue weighted by molar-refractivity contribution is 7.10. The normalized spacial score (nSPS) is 16.3. The fourth-order valence-corrected chi connectivity index (χ4v) is 4.07. The molecule has 5 nitrogen and oxygen atoms in total. The largest absolute Gasteiger partial charge is 0.382 e. The van der Waals surface area contributed by atoms with Gasteiger partial charge in [0.05, 0.1) is 25.4 Å². The van der Waals surface area contributed by atoms with Gasteiger partial charge in [0.2, 0.25) is 0 Å². The van der Waals surface area contributed by atoms with Gasteiger partial charge in [-0.1, -0.05) is 35.9 Å². The topological polar surface area (TPSA) is 50.8 Å². The van der Waals surface area contributed by atoms with Gasteiger partial charge in [-0.15, -0.1) is 11.3 Å². The van der Waals surface area contributed by atoms with Gasteiger partial charge in [0.15, 0.2) is 0 Å². The van der Waals surface area contributed by atoms with Crippen molar-refractivity contribution in [2.24, 2.45) is 0 Å². The number of urea groups is 1. The zero-order valence-electron chi connectivity index (χ0n) is 16.0. The predicted molar refractivity (Wildman–Crippen MR) is 108 cm³/mol. The Kier molecular flexibility index (Phi) is 7.26. The van der Waals surface area contributed by atoms with Crippen molar-refractivity contribution in [2.45, 2.75) is 31.9 Å². The summed E-state index contributed by atoms with van der Waals surface area (Å²) < 4.78 is 10.8. The van der Waals surface area contributed by atoms with E-state index in [0.717, 1.165) is 23.3 Å². The van der Waals surface area contributed by atoms with Gasteiger partial charge in [0.1, 0.15) is 0 Å². The van der Waals surface area contributed by atoms with Gasteiger partial charge < -0.3 is 19.7 Å². The zero-order valence-corrected chi connectivity index (χ0v) is 16.8. The monoisotopic (exact) mass is 388 g/mol. The highest BCUT2D eigenvalue weighted by atomic mass is 32.1. The Hall–Kier alpha value is -1.89. The third kappa shape index (κ3) is 5.54. The second kappa shape index (κ2) is 9.88. The number of hydrogen-bond donors (Lipinski definition) is 1. The Morgan fingerprint density at radius 2 is 1.96 bits per heavy atom. The van der Waals surface area contributed by atoms with Crippen LogP contribution in [0.4, 0.5) is 4.79 Å². The summed E-state index contributed by atoms with van der Waals surface area (Å²) in [4.78, 5) is 15.9. The lowest BCUT2D eigenvalue weighted by molar-refractivity contribution is -0.00926. The first-order valence-electron chi connectivity index (χ1n) is 9.43. The number of benzene rings is 1. The summed E-state index contributed by atoms with van der Waals surface area (Å²) >= 11 is 1.67. The lowest BCUT2D eigenvalue weighted by Crippen LogP contribution is -2.47. The zero-order chi connectivity index (χ0) is 19.1. The van der Waals surface area contributed by atoms with Crippen LogP contribution in [0.2, 0.25) is 0 Å². The molecule has 3 rings (SSSR count). The first-order valence-corrected chi connectivity index (χ1v) is 10.3. The minimum atomic E-state index is -0.117. The summed E-state index contributed by atoms with van der Waals surface area (Å²) in [5, 5.41) is 5.28. The van der Waals surface area contributed by atoms with Gasteiger partial charge in [-0.2, -0.15) is 0 Å². The third-order valence-electron chi connectivity index (χ3n) is 4.88. The average molecular weight is 389 g/mol. The van der Waals surface area contributed by atoms with Gasteiger partial charge in [0.25, 0.3) is 0 Å². The number of methoxy groups -OCH3 is 1. The lowest BCUT2D eigenvalue weighted by atomic mass is 10.0. The molecule has 0 unspecified atom stereocenters. The molecule has 2 amide bonds. The molecule has 1 saturated heterocycles.